The van der Waals surface area contributed by atoms with Crippen LogP contribution in [0.3, 0.4) is 0 Å². The Hall–Kier alpha value is -2.92. The summed E-state index contributed by atoms with van der Waals surface area (Å²) in [5.41, 5.74) is 3.02. The van der Waals surface area contributed by atoms with Gasteiger partial charge in [0.05, 0.1) is 6.04 Å². The van der Waals surface area contributed by atoms with Crippen molar-refractivity contribution < 1.29 is 9.59 Å². The number of hydrogen-bond donors (Lipinski definition) is 1. The van der Waals surface area contributed by atoms with E-state index in [2.05, 4.69) is 22.3 Å². The van der Waals surface area contributed by atoms with Gasteiger partial charge in [-0.05, 0) is 49.9 Å². The average Bonchev–Trinajstić information content (AvgIpc) is 3.13. The van der Waals surface area contributed by atoms with Crippen LogP contribution in [0.25, 0.3) is 6.08 Å². The molecule has 5 nitrogen and oxygen atoms in total. The first-order valence-corrected chi connectivity index (χ1v) is 9.62. The molecule has 3 rings (SSSR count). The molecule has 0 aliphatic carbocycles. The number of rotatable bonds is 7. The van der Waals surface area contributed by atoms with E-state index in [9.17, 15) is 9.59 Å². The Kier molecular flexibility index (Phi) is 6.61. The van der Waals surface area contributed by atoms with Crippen molar-refractivity contribution in [1.82, 2.24) is 10.2 Å². The van der Waals surface area contributed by atoms with Crippen molar-refractivity contribution in [3.63, 3.8) is 0 Å². The molecule has 28 heavy (non-hydrogen) atoms. The summed E-state index contributed by atoms with van der Waals surface area (Å²) in [5, 5.41) is 2.97. The maximum absolute atomic E-state index is 12.2. The van der Waals surface area contributed by atoms with Crippen LogP contribution in [0.15, 0.2) is 60.7 Å². The van der Waals surface area contributed by atoms with Crippen molar-refractivity contribution in [2.45, 2.75) is 18.9 Å². The molecule has 1 unspecified atom stereocenters. The fraction of sp³-hybridized carbons (Fsp3) is 0.304. The van der Waals surface area contributed by atoms with Crippen LogP contribution >= 0.6 is 0 Å². The Labute approximate surface area is 166 Å². The predicted molar refractivity (Wildman–Crippen MR) is 113 cm³/mol. The molecule has 0 aromatic heterocycles. The van der Waals surface area contributed by atoms with Crippen molar-refractivity contribution in [2.75, 3.05) is 32.1 Å². The third-order valence-corrected chi connectivity index (χ3v) is 4.98. The topological polar surface area (TPSA) is 52.7 Å². The molecule has 2 aromatic rings. The monoisotopic (exact) mass is 377 g/mol. The van der Waals surface area contributed by atoms with Gasteiger partial charge in [0.15, 0.2) is 0 Å². The highest BCUT2D eigenvalue weighted by molar-refractivity contribution is 5.95. The molecule has 2 amide bonds. The van der Waals surface area contributed by atoms with Crippen molar-refractivity contribution in [3.05, 3.63) is 71.8 Å². The van der Waals surface area contributed by atoms with E-state index >= 15 is 0 Å². The highest BCUT2D eigenvalue weighted by Gasteiger charge is 2.21. The summed E-state index contributed by atoms with van der Waals surface area (Å²) in [4.78, 5) is 27.9. The van der Waals surface area contributed by atoms with E-state index in [1.54, 1.807) is 12.2 Å². The zero-order valence-electron chi connectivity index (χ0n) is 16.5. The van der Waals surface area contributed by atoms with Crippen LogP contribution in [0.1, 0.15) is 30.0 Å². The van der Waals surface area contributed by atoms with Crippen LogP contribution in [-0.2, 0) is 9.59 Å². The average molecular weight is 377 g/mol. The van der Waals surface area contributed by atoms with Gasteiger partial charge in [-0.2, -0.15) is 0 Å². The second-order valence-corrected chi connectivity index (χ2v) is 7.21. The zero-order valence-corrected chi connectivity index (χ0v) is 16.5. The molecule has 1 N–H and O–H groups in total. The lowest BCUT2D eigenvalue weighted by atomic mass is 10.1. The number of carbonyl (C=O) groups excluding carboxylic acids is 2. The molecule has 2 aromatic carbocycles. The van der Waals surface area contributed by atoms with E-state index in [4.69, 9.17) is 0 Å². The van der Waals surface area contributed by atoms with E-state index in [1.807, 2.05) is 61.5 Å². The van der Waals surface area contributed by atoms with E-state index in [0.29, 0.717) is 13.0 Å². The Balaban J connectivity index is 1.55. The second kappa shape index (κ2) is 9.33. The predicted octanol–water partition coefficient (Wildman–Crippen LogP) is 3.25. The first kappa shape index (κ1) is 19.8. The van der Waals surface area contributed by atoms with Gasteiger partial charge in [0.1, 0.15) is 0 Å². The maximum Gasteiger partial charge on any atom is 0.244 e. The molecule has 0 bridgehead atoms. The molecular weight excluding hydrogens is 350 g/mol. The van der Waals surface area contributed by atoms with Crippen molar-refractivity contribution in [2.24, 2.45) is 0 Å². The van der Waals surface area contributed by atoms with Crippen molar-refractivity contribution >= 4 is 23.6 Å². The minimum absolute atomic E-state index is 0.121. The van der Waals surface area contributed by atoms with Gasteiger partial charge in [-0.3, -0.25) is 9.59 Å². The fourth-order valence-corrected chi connectivity index (χ4v) is 3.39. The third-order valence-electron chi connectivity index (χ3n) is 4.98. The van der Waals surface area contributed by atoms with E-state index in [1.165, 1.54) is 5.56 Å². The Morgan fingerprint density at radius 2 is 1.86 bits per heavy atom. The number of hydrogen-bond acceptors (Lipinski definition) is 3. The van der Waals surface area contributed by atoms with Gasteiger partial charge in [-0.15, -0.1) is 0 Å². The van der Waals surface area contributed by atoms with Gasteiger partial charge in [0.2, 0.25) is 11.8 Å². The standard InChI is InChI=1S/C23H27N3O2/c1-25(2)21(19-7-4-3-5-8-19)17-24-22(27)15-12-18-10-13-20(14-11-18)26-16-6-9-23(26)28/h3-5,7-8,10-15,21H,6,9,16-17H2,1-2H3,(H,24,27)/b15-12+. The number of carbonyl (C=O) groups is 2. The van der Waals surface area contributed by atoms with E-state index < -0.39 is 0 Å². The van der Waals surface area contributed by atoms with Crippen LogP contribution in [0.2, 0.25) is 0 Å². The number of anilines is 1. The number of likely N-dealkylation sites (N-methyl/N-ethyl adjacent to an activating group) is 1. The second-order valence-electron chi connectivity index (χ2n) is 7.21. The van der Waals surface area contributed by atoms with Crippen LogP contribution in [0, 0.1) is 0 Å². The van der Waals surface area contributed by atoms with E-state index in [0.717, 1.165) is 24.2 Å². The number of nitrogens with one attached hydrogen (secondary N) is 1. The lowest BCUT2D eigenvalue weighted by molar-refractivity contribution is -0.117. The molecule has 0 spiro atoms. The van der Waals surface area contributed by atoms with Gasteiger partial charge >= 0.3 is 0 Å². The van der Waals surface area contributed by atoms with Crippen molar-refractivity contribution in [1.29, 1.82) is 0 Å². The van der Waals surface area contributed by atoms with Crippen molar-refractivity contribution in [3.8, 4) is 0 Å². The number of benzene rings is 2. The number of nitrogens with zero attached hydrogens (tertiary/aromatic N) is 2. The van der Waals surface area contributed by atoms with Crippen LogP contribution in [0.5, 0.6) is 0 Å². The van der Waals surface area contributed by atoms with Gasteiger partial charge in [-0.1, -0.05) is 42.5 Å². The Morgan fingerprint density at radius 1 is 1.14 bits per heavy atom. The molecule has 1 atom stereocenters. The first-order valence-electron chi connectivity index (χ1n) is 9.62. The summed E-state index contributed by atoms with van der Waals surface area (Å²) in [6.45, 7) is 1.32. The van der Waals surface area contributed by atoms with Gasteiger partial charge in [0.25, 0.3) is 0 Å². The fourth-order valence-electron chi connectivity index (χ4n) is 3.39. The summed E-state index contributed by atoms with van der Waals surface area (Å²) in [7, 11) is 4.01. The molecule has 1 aliphatic heterocycles. The molecule has 0 radical (unpaired) electrons. The largest absolute Gasteiger partial charge is 0.351 e. The number of amides is 2. The van der Waals surface area contributed by atoms with Gasteiger partial charge < -0.3 is 15.1 Å². The minimum Gasteiger partial charge on any atom is -0.351 e. The Morgan fingerprint density at radius 3 is 2.46 bits per heavy atom. The molecule has 1 heterocycles. The summed E-state index contributed by atoms with van der Waals surface area (Å²) in [6.07, 6.45) is 4.88. The molecule has 1 aliphatic rings. The highest BCUT2D eigenvalue weighted by atomic mass is 16.2. The summed E-state index contributed by atoms with van der Waals surface area (Å²) >= 11 is 0. The summed E-state index contributed by atoms with van der Waals surface area (Å²) in [5.74, 6) is 0.0538. The van der Waals surface area contributed by atoms with Crippen LogP contribution < -0.4 is 10.2 Å². The minimum atomic E-state index is -0.124. The van der Waals surface area contributed by atoms with Gasteiger partial charge in [0, 0.05) is 31.3 Å². The van der Waals surface area contributed by atoms with Crippen LogP contribution in [-0.4, -0.2) is 43.9 Å². The summed E-state index contributed by atoms with van der Waals surface area (Å²) < 4.78 is 0. The molecule has 1 fully saturated rings. The lowest BCUT2D eigenvalue weighted by Crippen LogP contribution is -2.33. The SMILES string of the molecule is CN(C)C(CNC(=O)/C=C/c1ccc(N2CCCC2=O)cc1)c1ccccc1. The maximum atomic E-state index is 12.2. The Bertz CT molecular complexity index is 829. The normalized spacial score (nSPS) is 15.4. The van der Waals surface area contributed by atoms with Gasteiger partial charge in [-0.25, -0.2) is 0 Å². The third kappa shape index (κ3) is 5.08. The highest BCUT2D eigenvalue weighted by Crippen LogP contribution is 2.22. The summed E-state index contributed by atoms with van der Waals surface area (Å²) in [6, 6.07) is 18.0. The zero-order chi connectivity index (χ0) is 19.9. The van der Waals surface area contributed by atoms with E-state index in [-0.39, 0.29) is 17.9 Å². The smallest absolute Gasteiger partial charge is 0.244 e. The van der Waals surface area contributed by atoms with Crippen LogP contribution in [0.4, 0.5) is 5.69 Å². The quantitative estimate of drug-likeness (QED) is 0.754. The molecule has 0 saturated carbocycles. The molecule has 1 saturated heterocycles. The first-order chi connectivity index (χ1) is 13.5. The molecular formula is C23H27N3O2. The lowest BCUT2D eigenvalue weighted by Gasteiger charge is -2.24. The molecule has 5 heteroatoms. The molecule has 146 valence electrons.